The summed E-state index contributed by atoms with van der Waals surface area (Å²) in [5.41, 5.74) is 2.10. The molecule has 4 nitrogen and oxygen atoms in total. The number of hydrogen-bond donors (Lipinski definition) is 0. The number of nitrogens with zero attached hydrogens (tertiary/aromatic N) is 1. The van der Waals surface area contributed by atoms with Crippen molar-refractivity contribution in [3.8, 4) is 11.6 Å². The van der Waals surface area contributed by atoms with Crippen LogP contribution in [-0.4, -0.2) is 24.5 Å². The number of hydrogen-bond acceptors (Lipinski definition) is 4. The minimum Gasteiger partial charge on any atom is -0.494 e. The van der Waals surface area contributed by atoms with E-state index in [1.165, 1.54) is 12.8 Å². The van der Waals surface area contributed by atoms with Gasteiger partial charge in [-0.25, -0.2) is 4.98 Å². The van der Waals surface area contributed by atoms with Gasteiger partial charge in [-0.1, -0.05) is 6.07 Å². The fraction of sp³-hybridized carbons (Fsp3) is 0.333. The zero-order valence-electron chi connectivity index (χ0n) is 12.8. The van der Waals surface area contributed by atoms with Crippen molar-refractivity contribution in [2.45, 2.75) is 25.7 Å². The van der Waals surface area contributed by atoms with Crippen LogP contribution in [0.15, 0.2) is 36.4 Å². The van der Waals surface area contributed by atoms with Crippen molar-refractivity contribution < 1.29 is 14.3 Å². The number of rotatable bonds is 6. The summed E-state index contributed by atoms with van der Waals surface area (Å²) in [5, 5.41) is 0. The summed E-state index contributed by atoms with van der Waals surface area (Å²) < 4.78 is 10.7. The number of ether oxygens (including phenoxy) is 2. The molecule has 0 amide bonds. The Labute approximate surface area is 130 Å². The van der Waals surface area contributed by atoms with E-state index in [0.717, 1.165) is 11.3 Å². The molecule has 0 radical (unpaired) electrons. The van der Waals surface area contributed by atoms with Crippen LogP contribution >= 0.6 is 0 Å². The summed E-state index contributed by atoms with van der Waals surface area (Å²) in [6.45, 7) is 2.53. The van der Waals surface area contributed by atoms with E-state index in [4.69, 9.17) is 9.47 Å². The summed E-state index contributed by atoms with van der Waals surface area (Å²) in [7, 11) is 1.60. The standard InChI is InChI=1S/C18H19NO3/c1-3-22-14-8-6-13(7-9-14)17(20)16-11-10-15(12-4-5-12)18(19-16)21-2/h6-12H,3-5H2,1-2H3. The number of pyridine rings is 1. The topological polar surface area (TPSA) is 48.4 Å². The second kappa shape index (κ2) is 6.18. The zero-order chi connectivity index (χ0) is 15.5. The molecule has 0 spiro atoms. The van der Waals surface area contributed by atoms with Crippen LogP contribution in [0.3, 0.4) is 0 Å². The van der Waals surface area contributed by atoms with Crippen LogP contribution in [-0.2, 0) is 0 Å². The first kappa shape index (κ1) is 14.6. The monoisotopic (exact) mass is 297 g/mol. The molecular weight excluding hydrogens is 278 g/mol. The fourth-order valence-electron chi connectivity index (χ4n) is 2.46. The third-order valence-electron chi connectivity index (χ3n) is 3.76. The number of carbonyl (C=O) groups excluding carboxylic acids is 1. The maximum Gasteiger partial charge on any atom is 0.217 e. The molecule has 114 valence electrons. The highest BCUT2D eigenvalue weighted by molar-refractivity contribution is 6.07. The second-order valence-electron chi connectivity index (χ2n) is 5.36. The van der Waals surface area contributed by atoms with Crippen LogP contribution in [0.25, 0.3) is 0 Å². The van der Waals surface area contributed by atoms with E-state index < -0.39 is 0 Å². The Morgan fingerprint density at radius 1 is 1.18 bits per heavy atom. The van der Waals surface area contributed by atoms with Crippen LogP contribution in [0.2, 0.25) is 0 Å². The molecule has 22 heavy (non-hydrogen) atoms. The maximum absolute atomic E-state index is 12.5. The summed E-state index contributed by atoms with van der Waals surface area (Å²) >= 11 is 0. The van der Waals surface area contributed by atoms with E-state index in [2.05, 4.69) is 4.98 Å². The highest BCUT2D eigenvalue weighted by atomic mass is 16.5. The SMILES string of the molecule is CCOc1ccc(C(=O)c2ccc(C3CC3)c(OC)n2)cc1. The van der Waals surface area contributed by atoms with Gasteiger partial charge in [-0.15, -0.1) is 0 Å². The van der Waals surface area contributed by atoms with Gasteiger partial charge in [-0.3, -0.25) is 4.79 Å². The van der Waals surface area contributed by atoms with Crippen molar-refractivity contribution in [1.82, 2.24) is 4.98 Å². The van der Waals surface area contributed by atoms with Gasteiger partial charge < -0.3 is 9.47 Å². The largest absolute Gasteiger partial charge is 0.494 e. The predicted molar refractivity (Wildman–Crippen MR) is 83.8 cm³/mol. The Bertz CT molecular complexity index is 675. The van der Waals surface area contributed by atoms with E-state index in [1.54, 1.807) is 37.4 Å². The summed E-state index contributed by atoms with van der Waals surface area (Å²) in [6, 6.07) is 10.9. The van der Waals surface area contributed by atoms with E-state index in [9.17, 15) is 4.79 Å². The number of benzene rings is 1. The quantitative estimate of drug-likeness (QED) is 0.764. The van der Waals surface area contributed by atoms with E-state index in [1.807, 2.05) is 13.0 Å². The van der Waals surface area contributed by atoms with Crippen LogP contribution < -0.4 is 9.47 Å². The molecule has 1 aromatic carbocycles. The van der Waals surface area contributed by atoms with Gasteiger partial charge in [-0.2, -0.15) is 0 Å². The van der Waals surface area contributed by atoms with Gasteiger partial charge in [0.05, 0.1) is 13.7 Å². The Morgan fingerprint density at radius 2 is 1.91 bits per heavy atom. The summed E-state index contributed by atoms with van der Waals surface area (Å²) in [5.74, 6) is 1.76. The molecule has 1 fully saturated rings. The zero-order valence-corrected chi connectivity index (χ0v) is 12.8. The lowest BCUT2D eigenvalue weighted by atomic mass is 10.1. The maximum atomic E-state index is 12.5. The predicted octanol–water partition coefficient (Wildman–Crippen LogP) is 3.60. The van der Waals surface area contributed by atoms with Gasteiger partial charge in [0.2, 0.25) is 11.7 Å². The molecule has 1 saturated carbocycles. The molecule has 3 rings (SSSR count). The lowest BCUT2D eigenvalue weighted by Crippen LogP contribution is -2.06. The molecule has 1 heterocycles. The van der Waals surface area contributed by atoms with Crippen molar-refractivity contribution >= 4 is 5.78 Å². The third kappa shape index (κ3) is 2.96. The first-order valence-electron chi connectivity index (χ1n) is 7.55. The molecule has 0 saturated heterocycles. The number of ketones is 1. The number of methoxy groups -OCH3 is 1. The summed E-state index contributed by atoms with van der Waals surface area (Å²) in [6.07, 6.45) is 2.34. The molecule has 1 aliphatic rings. The van der Waals surface area contributed by atoms with Crippen molar-refractivity contribution in [3.05, 3.63) is 53.2 Å². The van der Waals surface area contributed by atoms with Crippen LogP contribution in [0.5, 0.6) is 11.6 Å². The van der Waals surface area contributed by atoms with Gasteiger partial charge in [0.1, 0.15) is 11.4 Å². The molecule has 4 heteroatoms. The molecule has 0 unspecified atom stereocenters. The van der Waals surface area contributed by atoms with Crippen molar-refractivity contribution in [3.63, 3.8) is 0 Å². The molecule has 1 aliphatic carbocycles. The average Bonchev–Trinajstić information content (AvgIpc) is 3.39. The van der Waals surface area contributed by atoms with Crippen molar-refractivity contribution in [1.29, 1.82) is 0 Å². The lowest BCUT2D eigenvalue weighted by molar-refractivity contribution is 0.103. The smallest absolute Gasteiger partial charge is 0.217 e. The first-order chi connectivity index (χ1) is 10.7. The van der Waals surface area contributed by atoms with Crippen LogP contribution in [0, 0.1) is 0 Å². The Hall–Kier alpha value is -2.36. The average molecular weight is 297 g/mol. The highest BCUT2D eigenvalue weighted by Crippen LogP contribution is 2.43. The molecule has 0 aliphatic heterocycles. The normalized spacial score (nSPS) is 13.7. The first-order valence-corrected chi connectivity index (χ1v) is 7.55. The third-order valence-corrected chi connectivity index (χ3v) is 3.76. The van der Waals surface area contributed by atoms with Gasteiger partial charge in [0.25, 0.3) is 0 Å². The van der Waals surface area contributed by atoms with Gasteiger partial charge >= 0.3 is 0 Å². The van der Waals surface area contributed by atoms with Crippen molar-refractivity contribution in [2.75, 3.05) is 13.7 Å². The fourth-order valence-corrected chi connectivity index (χ4v) is 2.46. The van der Waals surface area contributed by atoms with E-state index >= 15 is 0 Å². The van der Waals surface area contributed by atoms with Gasteiger partial charge in [0, 0.05) is 11.1 Å². The molecule has 2 aromatic rings. The van der Waals surface area contributed by atoms with E-state index in [0.29, 0.717) is 29.7 Å². The molecular formula is C18H19NO3. The van der Waals surface area contributed by atoms with Crippen LogP contribution in [0.4, 0.5) is 0 Å². The van der Waals surface area contributed by atoms with Gasteiger partial charge in [0.15, 0.2) is 0 Å². The van der Waals surface area contributed by atoms with Gasteiger partial charge in [-0.05, 0) is 56.0 Å². The van der Waals surface area contributed by atoms with Crippen LogP contribution in [0.1, 0.15) is 47.3 Å². The van der Waals surface area contributed by atoms with E-state index in [-0.39, 0.29) is 5.78 Å². The molecule has 0 N–H and O–H groups in total. The molecule has 0 atom stereocenters. The Balaban J connectivity index is 1.84. The Kier molecular flexibility index (Phi) is 4.09. The molecule has 0 bridgehead atoms. The highest BCUT2D eigenvalue weighted by Gasteiger charge is 2.28. The lowest BCUT2D eigenvalue weighted by Gasteiger charge is -2.09. The van der Waals surface area contributed by atoms with Crippen molar-refractivity contribution in [2.24, 2.45) is 0 Å². The number of aromatic nitrogens is 1. The molecule has 1 aromatic heterocycles. The Morgan fingerprint density at radius 3 is 2.50 bits per heavy atom. The second-order valence-corrected chi connectivity index (χ2v) is 5.36. The minimum atomic E-state index is -0.108. The minimum absolute atomic E-state index is 0.108. The summed E-state index contributed by atoms with van der Waals surface area (Å²) in [4.78, 5) is 16.9. The number of carbonyl (C=O) groups is 1.